The molecule has 0 aliphatic heterocycles. The average Bonchev–Trinajstić information content (AvgIpc) is 3.23. The van der Waals surface area contributed by atoms with Crippen molar-refractivity contribution < 1.29 is 9.15 Å². The smallest absolute Gasteiger partial charge is 0.191 e. The molecule has 0 atom stereocenters. The van der Waals surface area contributed by atoms with E-state index in [-0.39, 0.29) is 0 Å². The third kappa shape index (κ3) is 5.90. The summed E-state index contributed by atoms with van der Waals surface area (Å²) in [6.07, 6.45) is 8.04. The number of ether oxygens (including phenoxy) is 1. The lowest BCUT2D eigenvalue weighted by atomic mass is 9.83. The van der Waals surface area contributed by atoms with E-state index in [9.17, 15) is 0 Å². The maximum atomic E-state index is 5.59. The van der Waals surface area contributed by atoms with Gasteiger partial charge < -0.3 is 19.8 Å². The normalized spacial score (nSPS) is 17.4. The molecular weight excluding hydrogens is 290 g/mol. The van der Waals surface area contributed by atoms with Gasteiger partial charge in [0.15, 0.2) is 5.96 Å². The highest BCUT2D eigenvalue weighted by Gasteiger charge is 2.33. The van der Waals surface area contributed by atoms with E-state index in [1.54, 1.807) is 6.26 Å². The van der Waals surface area contributed by atoms with Crippen molar-refractivity contribution in [3.8, 4) is 0 Å². The van der Waals surface area contributed by atoms with E-state index in [1.807, 2.05) is 12.1 Å². The number of hydrogen-bond donors (Lipinski definition) is 2. The van der Waals surface area contributed by atoms with E-state index in [1.165, 1.54) is 25.7 Å². The van der Waals surface area contributed by atoms with Crippen molar-refractivity contribution in [1.82, 2.24) is 10.6 Å². The van der Waals surface area contributed by atoms with Crippen LogP contribution in [0, 0.1) is 5.41 Å². The summed E-state index contributed by atoms with van der Waals surface area (Å²) in [5.41, 5.74) is 0.357. The minimum atomic E-state index is 0.357. The molecule has 23 heavy (non-hydrogen) atoms. The molecule has 0 saturated heterocycles. The molecule has 1 saturated carbocycles. The van der Waals surface area contributed by atoms with Gasteiger partial charge in [-0.1, -0.05) is 12.8 Å². The molecule has 1 heterocycles. The van der Waals surface area contributed by atoms with Crippen LogP contribution in [-0.2, 0) is 11.3 Å². The van der Waals surface area contributed by atoms with Gasteiger partial charge in [0.2, 0.25) is 0 Å². The molecule has 0 aromatic carbocycles. The Labute approximate surface area is 139 Å². The predicted molar refractivity (Wildman–Crippen MR) is 93.5 cm³/mol. The van der Waals surface area contributed by atoms with Gasteiger partial charge in [-0.25, -0.2) is 4.99 Å². The van der Waals surface area contributed by atoms with Gasteiger partial charge in [-0.3, -0.25) is 0 Å². The van der Waals surface area contributed by atoms with Gasteiger partial charge in [0, 0.05) is 26.3 Å². The van der Waals surface area contributed by atoms with E-state index in [4.69, 9.17) is 9.15 Å². The predicted octanol–water partition coefficient (Wildman–Crippen LogP) is 3.32. The molecule has 2 rings (SSSR count). The Hall–Kier alpha value is -1.49. The number of hydrogen-bond acceptors (Lipinski definition) is 3. The minimum Gasteiger partial charge on any atom is -0.467 e. The average molecular weight is 321 g/mol. The Bertz CT molecular complexity index is 451. The lowest BCUT2D eigenvalue weighted by Crippen LogP contribution is -2.43. The fraction of sp³-hybridized carbons (Fsp3) is 0.722. The number of nitrogens with one attached hydrogen (secondary N) is 2. The van der Waals surface area contributed by atoms with Crippen molar-refractivity contribution in [1.29, 1.82) is 0 Å². The highest BCUT2D eigenvalue weighted by Crippen LogP contribution is 2.40. The summed E-state index contributed by atoms with van der Waals surface area (Å²) < 4.78 is 10.9. The largest absolute Gasteiger partial charge is 0.467 e. The Kier molecular flexibility index (Phi) is 7.46. The molecule has 0 amide bonds. The van der Waals surface area contributed by atoms with Crippen molar-refractivity contribution in [3.05, 3.63) is 24.2 Å². The first kappa shape index (κ1) is 17.9. The molecule has 0 radical (unpaired) electrons. The quantitative estimate of drug-likeness (QED) is 0.416. The fourth-order valence-electron chi connectivity index (χ4n) is 3.25. The number of aliphatic imine (C=N–C) groups is 1. The van der Waals surface area contributed by atoms with Crippen molar-refractivity contribution in [3.63, 3.8) is 0 Å². The number of nitrogens with zero attached hydrogens (tertiary/aromatic N) is 1. The standard InChI is InChI=1S/C18H31N3O2/c1-3-19-17(20-14-16-8-7-12-23-16)21-15-18(9-5-6-10-18)11-13-22-4-2/h7-8,12H,3-6,9-11,13-15H2,1-2H3,(H2,19,20,21). The first-order valence-electron chi connectivity index (χ1n) is 8.90. The summed E-state index contributed by atoms with van der Waals surface area (Å²) in [4.78, 5) is 4.61. The van der Waals surface area contributed by atoms with E-state index in [0.29, 0.717) is 12.0 Å². The molecule has 130 valence electrons. The van der Waals surface area contributed by atoms with Crippen LogP contribution in [0.1, 0.15) is 51.7 Å². The minimum absolute atomic E-state index is 0.357. The highest BCUT2D eigenvalue weighted by molar-refractivity contribution is 5.79. The van der Waals surface area contributed by atoms with Crippen molar-refractivity contribution in [2.75, 3.05) is 26.3 Å². The van der Waals surface area contributed by atoms with Crippen LogP contribution < -0.4 is 10.6 Å². The maximum Gasteiger partial charge on any atom is 0.191 e. The molecule has 1 aromatic rings. The van der Waals surface area contributed by atoms with Crippen LogP contribution in [-0.4, -0.2) is 32.3 Å². The second-order valence-corrected chi connectivity index (χ2v) is 6.28. The first-order chi connectivity index (χ1) is 11.3. The Morgan fingerprint density at radius 2 is 2.13 bits per heavy atom. The summed E-state index contributed by atoms with van der Waals surface area (Å²) in [7, 11) is 0. The van der Waals surface area contributed by atoms with Crippen molar-refractivity contribution in [2.24, 2.45) is 10.4 Å². The monoisotopic (exact) mass is 321 g/mol. The van der Waals surface area contributed by atoms with Crippen LogP contribution in [0.15, 0.2) is 27.8 Å². The Balaban J connectivity index is 1.88. The van der Waals surface area contributed by atoms with Gasteiger partial charge in [0.25, 0.3) is 0 Å². The maximum absolute atomic E-state index is 5.59. The number of guanidine groups is 1. The number of rotatable bonds is 9. The van der Waals surface area contributed by atoms with Crippen LogP contribution in [0.4, 0.5) is 0 Å². The van der Waals surface area contributed by atoms with E-state index in [0.717, 1.165) is 44.4 Å². The molecule has 1 aliphatic rings. The molecule has 5 nitrogen and oxygen atoms in total. The zero-order valence-corrected chi connectivity index (χ0v) is 14.6. The Morgan fingerprint density at radius 3 is 2.78 bits per heavy atom. The summed E-state index contributed by atoms with van der Waals surface area (Å²) in [5.74, 6) is 1.75. The summed E-state index contributed by atoms with van der Waals surface area (Å²) >= 11 is 0. The summed E-state index contributed by atoms with van der Waals surface area (Å²) in [5, 5.41) is 6.85. The van der Waals surface area contributed by atoms with Crippen molar-refractivity contribution in [2.45, 2.75) is 52.5 Å². The zero-order chi connectivity index (χ0) is 16.4. The molecular formula is C18H31N3O2. The topological polar surface area (TPSA) is 58.8 Å². The van der Waals surface area contributed by atoms with Crippen LogP contribution in [0.3, 0.4) is 0 Å². The molecule has 0 spiro atoms. The molecule has 1 aromatic heterocycles. The van der Waals surface area contributed by atoms with Crippen LogP contribution >= 0.6 is 0 Å². The lowest BCUT2D eigenvalue weighted by Gasteiger charge is -2.30. The van der Waals surface area contributed by atoms with E-state index < -0.39 is 0 Å². The van der Waals surface area contributed by atoms with Crippen LogP contribution in [0.5, 0.6) is 0 Å². The molecule has 1 fully saturated rings. The molecule has 2 N–H and O–H groups in total. The second kappa shape index (κ2) is 9.60. The van der Waals surface area contributed by atoms with Crippen molar-refractivity contribution >= 4 is 5.96 Å². The number of furan rings is 1. The lowest BCUT2D eigenvalue weighted by molar-refractivity contribution is 0.105. The third-order valence-corrected chi connectivity index (χ3v) is 4.59. The van der Waals surface area contributed by atoms with E-state index in [2.05, 4.69) is 29.5 Å². The van der Waals surface area contributed by atoms with Crippen LogP contribution in [0.2, 0.25) is 0 Å². The highest BCUT2D eigenvalue weighted by atomic mass is 16.5. The summed E-state index contributed by atoms with van der Waals surface area (Å²) in [6, 6.07) is 3.85. The van der Waals surface area contributed by atoms with Gasteiger partial charge in [-0.15, -0.1) is 0 Å². The van der Waals surface area contributed by atoms with Gasteiger partial charge in [0.1, 0.15) is 12.3 Å². The van der Waals surface area contributed by atoms with Gasteiger partial charge in [-0.05, 0) is 50.7 Å². The fourth-order valence-corrected chi connectivity index (χ4v) is 3.25. The van der Waals surface area contributed by atoms with Gasteiger partial charge in [-0.2, -0.15) is 0 Å². The van der Waals surface area contributed by atoms with Gasteiger partial charge in [0.05, 0.1) is 6.26 Å². The molecule has 5 heteroatoms. The molecule has 0 bridgehead atoms. The Morgan fingerprint density at radius 1 is 1.30 bits per heavy atom. The van der Waals surface area contributed by atoms with Crippen LogP contribution in [0.25, 0.3) is 0 Å². The summed E-state index contributed by atoms with van der Waals surface area (Å²) in [6.45, 7) is 8.19. The SMILES string of the molecule is CCNC(=NCc1ccco1)NCC1(CCOCC)CCCC1. The second-order valence-electron chi connectivity index (χ2n) is 6.28. The van der Waals surface area contributed by atoms with E-state index >= 15 is 0 Å². The molecule has 1 aliphatic carbocycles. The third-order valence-electron chi connectivity index (χ3n) is 4.59. The first-order valence-corrected chi connectivity index (χ1v) is 8.90. The van der Waals surface area contributed by atoms with Gasteiger partial charge >= 0.3 is 0 Å². The molecule has 0 unspecified atom stereocenters. The zero-order valence-electron chi connectivity index (χ0n) is 14.6.